The molecular weight excluding hydrogens is 353 g/mol. The fraction of sp³-hybridized carbons (Fsp3) is 0.154. The number of hydrogen-bond donors (Lipinski definition) is 1. The number of fused-ring (bicyclic) bond motifs is 1. The maximum atomic E-state index is 12.9. The number of pyridine rings is 1. The highest BCUT2D eigenvalue weighted by Gasteiger charge is 2.32. The van der Waals surface area contributed by atoms with E-state index in [2.05, 4.69) is 15.5 Å². The van der Waals surface area contributed by atoms with Crippen molar-refractivity contribution in [2.45, 2.75) is 12.7 Å². The molecular formula is C13H8ClF3N4OS. The first kappa shape index (κ1) is 15.8. The maximum Gasteiger partial charge on any atom is 0.417 e. The number of aromatic nitrogens is 3. The van der Waals surface area contributed by atoms with Crippen LogP contribution in [-0.2, 0) is 12.7 Å². The van der Waals surface area contributed by atoms with Crippen LogP contribution in [0, 0.1) is 0 Å². The second-order valence-electron chi connectivity index (χ2n) is 4.54. The number of nitrogens with one attached hydrogen (secondary N) is 1. The van der Waals surface area contributed by atoms with Gasteiger partial charge in [-0.3, -0.25) is 9.20 Å². The Labute approximate surface area is 136 Å². The van der Waals surface area contributed by atoms with Crippen molar-refractivity contribution in [3.8, 4) is 0 Å². The first-order chi connectivity index (χ1) is 10.9. The van der Waals surface area contributed by atoms with Crippen molar-refractivity contribution >= 4 is 34.5 Å². The number of amides is 1. The molecule has 0 bridgehead atoms. The molecule has 0 atom stereocenters. The summed E-state index contributed by atoms with van der Waals surface area (Å²) in [6.07, 6.45) is -3.69. The van der Waals surface area contributed by atoms with Crippen LogP contribution in [0.5, 0.6) is 0 Å². The molecule has 23 heavy (non-hydrogen) atoms. The number of carbonyl (C=O) groups is 1. The average molecular weight is 361 g/mol. The molecule has 0 aliphatic rings. The molecule has 0 fully saturated rings. The van der Waals surface area contributed by atoms with Crippen molar-refractivity contribution in [3.05, 3.63) is 51.1 Å². The smallest absolute Gasteiger partial charge is 0.344 e. The summed E-state index contributed by atoms with van der Waals surface area (Å²) in [4.78, 5) is 12.4. The van der Waals surface area contributed by atoms with Gasteiger partial charge in [0.25, 0.3) is 5.91 Å². The minimum atomic E-state index is -4.54. The highest BCUT2D eigenvalue weighted by Crippen LogP contribution is 2.32. The number of halogens is 4. The van der Waals surface area contributed by atoms with E-state index >= 15 is 0 Å². The van der Waals surface area contributed by atoms with Gasteiger partial charge < -0.3 is 5.32 Å². The van der Waals surface area contributed by atoms with Gasteiger partial charge >= 0.3 is 6.18 Å². The summed E-state index contributed by atoms with van der Waals surface area (Å²) in [5, 5.41) is 11.7. The molecule has 10 heteroatoms. The normalized spacial score (nSPS) is 11.8. The van der Waals surface area contributed by atoms with Crippen LogP contribution in [0.4, 0.5) is 13.2 Å². The summed E-state index contributed by atoms with van der Waals surface area (Å²) in [5.41, 5.74) is -0.819. The van der Waals surface area contributed by atoms with Crippen molar-refractivity contribution in [2.75, 3.05) is 0 Å². The van der Waals surface area contributed by atoms with Crippen molar-refractivity contribution in [3.63, 3.8) is 0 Å². The van der Waals surface area contributed by atoms with E-state index in [0.717, 1.165) is 16.7 Å². The number of rotatable bonds is 3. The summed E-state index contributed by atoms with van der Waals surface area (Å²) < 4.78 is 39.7. The number of alkyl halides is 3. The van der Waals surface area contributed by atoms with E-state index in [0.29, 0.717) is 4.88 Å². The molecule has 0 aliphatic heterocycles. The summed E-state index contributed by atoms with van der Waals surface area (Å²) in [7, 11) is 0. The molecule has 0 aliphatic carbocycles. The molecule has 3 rings (SSSR count). The summed E-state index contributed by atoms with van der Waals surface area (Å²) in [6.45, 7) is -0.0739. The minimum Gasteiger partial charge on any atom is -0.344 e. The number of carbonyl (C=O) groups excluding carboxylic acids is 1. The van der Waals surface area contributed by atoms with Gasteiger partial charge in [0.05, 0.1) is 22.0 Å². The molecule has 120 valence electrons. The van der Waals surface area contributed by atoms with E-state index in [1.807, 2.05) is 0 Å². The van der Waals surface area contributed by atoms with Gasteiger partial charge in [-0.05, 0) is 17.5 Å². The van der Waals surface area contributed by atoms with Crippen molar-refractivity contribution in [1.82, 2.24) is 19.9 Å². The lowest BCUT2D eigenvalue weighted by Gasteiger charge is -2.09. The number of nitrogens with zero attached hydrogens (tertiary/aromatic N) is 3. The third kappa shape index (κ3) is 3.15. The quantitative estimate of drug-likeness (QED) is 0.779. The molecule has 3 aromatic rings. The lowest BCUT2D eigenvalue weighted by atomic mass is 10.3. The van der Waals surface area contributed by atoms with Crippen LogP contribution in [-0.4, -0.2) is 20.5 Å². The highest BCUT2D eigenvalue weighted by atomic mass is 35.5. The molecule has 0 aromatic carbocycles. The van der Waals surface area contributed by atoms with Crippen LogP contribution in [0.15, 0.2) is 29.8 Å². The molecule has 0 saturated heterocycles. The highest BCUT2D eigenvalue weighted by molar-refractivity contribution is 7.12. The van der Waals surface area contributed by atoms with E-state index in [1.165, 1.54) is 11.3 Å². The second kappa shape index (κ2) is 5.82. The third-order valence-electron chi connectivity index (χ3n) is 3.01. The van der Waals surface area contributed by atoms with Gasteiger partial charge in [-0.25, -0.2) is 0 Å². The van der Waals surface area contributed by atoms with Crippen LogP contribution >= 0.6 is 22.9 Å². The van der Waals surface area contributed by atoms with Gasteiger partial charge in [0.1, 0.15) is 0 Å². The Balaban J connectivity index is 1.89. The van der Waals surface area contributed by atoms with Gasteiger partial charge in [0.2, 0.25) is 0 Å². The monoisotopic (exact) mass is 360 g/mol. The van der Waals surface area contributed by atoms with Gasteiger partial charge in [-0.1, -0.05) is 17.7 Å². The fourth-order valence-corrected chi connectivity index (χ4v) is 2.82. The van der Waals surface area contributed by atoms with Crippen LogP contribution in [0.2, 0.25) is 5.02 Å². The zero-order valence-electron chi connectivity index (χ0n) is 11.3. The molecule has 0 unspecified atom stereocenters. The molecule has 1 N–H and O–H groups in total. The predicted octanol–water partition coefficient (Wildman–Crippen LogP) is 3.39. The van der Waals surface area contributed by atoms with E-state index < -0.39 is 11.7 Å². The van der Waals surface area contributed by atoms with E-state index in [4.69, 9.17) is 11.6 Å². The van der Waals surface area contributed by atoms with Crippen molar-refractivity contribution in [2.24, 2.45) is 0 Å². The van der Waals surface area contributed by atoms with Crippen molar-refractivity contribution in [1.29, 1.82) is 0 Å². The Hall–Kier alpha value is -2.13. The van der Waals surface area contributed by atoms with E-state index in [1.54, 1.807) is 17.5 Å². The van der Waals surface area contributed by atoms with Gasteiger partial charge in [-0.15, -0.1) is 21.5 Å². The Kier molecular flexibility index (Phi) is 3.99. The van der Waals surface area contributed by atoms with Gasteiger partial charge in [-0.2, -0.15) is 13.2 Å². The Morgan fingerprint density at radius 1 is 1.39 bits per heavy atom. The molecule has 0 saturated carbocycles. The molecule has 0 radical (unpaired) electrons. The summed E-state index contributed by atoms with van der Waals surface area (Å²) >= 11 is 7.07. The van der Waals surface area contributed by atoms with Crippen molar-refractivity contribution < 1.29 is 18.0 Å². The van der Waals surface area contributed by atoms with Crippen LogP contribution < -0.4 is 5.32 Å². The Bertz CT molecular complexity index is 860. The number of thiophene rings is 1. The Morgan fingerprint density at radius 3 is 2.83 bits per heavy atom. The fourth-order valence-electron chi connectivity index (χ4n) is 1.93. The van der Waals surface area contributed by atoms with E-state index in [-0.39, 0.29) is 28.9 Å². The van der Waals surface area contributed by atoms with Gasteiger partial charge in [0.15, 0.2) is 11.5 Å². The second-order valence-corrected chi connectivity index (χ2v) is 5.90. The van der Waals surface area contributed by atoms with Crippen LogP contribution in [0.1, 0.15) is 21.1 Å². The minimum absolute atomic E-state index is 0.0739. The average Bonchev–Trinajstić information content (AvgIpc) is 3.13. The summed E-state index contributed by atoms with van der Waals surface area (Å²) in [6, 6.07) is 4.15. The maximum absolute atomic E-state index is 12.9. The summed E-state index contributed by atoms with van der Waals surface area (Å²) in [5.74, 6) is -0.187. The first-order valence-electron chi connectivity index (χ1n) is 6.28. The Morgan fingerprint density at radius 2 is 2.17 bits per heavy atom. The molecule has 5 nitrogen and oxygen atoms in total. The van der Waals surface area contributed by atoms with Crippen LogP contribution in [0.3, 0.4) is 0 Å². The zero-order valence-corrected chi connectivity index (χ0v) is 12.8. The predicted molar refractivity (Wildman–Crippen MR) is 78.5 cm³/mol. The first-order valence-corrected chi connectivity index (χ1v) is 7.54. The lowest BCUT2D eigenvalue weighted by Crippen LogP contribution is -2.23. The topological polar surface area (TPSA) is 59.3 Å². The molecule has 0 spiro atoms. The lowest BCUT2D eigenvalue weighted by molar-refractivity contribution is -0.137. The number of hydrogen-bond acceptors (Lipinski definition) is 4. The van der Waals surface area contributed by atoms with E-state index in [9.17, 15) is 18.0 Å². The van der Waals surface area contributed by atoms with Gasteiger partial charge in [0, 0.05) is 6.20 Å². The molecule has 3 heterocycles. The zero-order chi connectivity index (χ0) is 16.6. The van der Waals surface area contributed by atoms with Crippen LogP contribution in [0.25, 0.3) is 5.65 Å². The molecule has 1 amide bonds. The standard InChI is InChI=1S/C13H8ClF3N4OS/c14-8-4-7(13(15,16)17)6-21-10(19-20-11(8)21)5-18-12(22)9-2-1-3-23-9/h1-4,6H,5H2,(H,18,22). The largest absolute Gasteiger partial charge is 0.417 e. The third-order valence-corrected chi connectivity index (χ3v) is 4.16. The molecule has 3 aromatic heterocycles. The SMILES string of the molecule is O=C(NCc1nnc2c(Cl)cc(C(F)(F)F)cn12)c1cccs1.